The van der Waals surface area contributed by atoms with E-state index in [2.05, 4.69) is 10.3 Å². The standard InChI is InChI=1S/C14H21N3O3/c1-9(2)5-11(7-15)13(18)17-8-12-6-10(14(19)20)3-4-16-12/h3-4,6,9,11H,5,7-8,15H2,1-2H3,(H,17,18)(H,19,20). The van der Waals surface area contributed by atoms with Crippen molar-refractivity contribution >= 4 is 11.9 Å². The van der Waals surface area contributed by atoms with Crippen LogP contribution in [0.1, 0.15) is 36.3 Å². The Hall–Kier alpha value is -1.95. The highest BCUT2D eigenvalue weighted by Crippen LogP contribution is 2.11. The second kappa shape index (κ2) is 7.59. The van der Waals surface area contributed by atoms with E-state index in [9.17, 15) is 9.59 Å². The first-order valence-corrected chi connectivity index (χ1v) is 6.60. The maximum atomic E-state index is 12.0. The SMILES string of the molecule is CC(C)CC(CN)C(=O)NCc1cc(C(=O)O)ccn1. The molecule has 0 bridgehead atoms. The van der Waals surface area contributed by atoms with Crippen molar-refractivity contribution in [1.29, 1.82) is 0 Å². The molecule has 1 aromatic heterocycles. The number of pyridine rings is 1. The summed E-state index contributed by atoms with van der Waals surface area (Å²) in [6.45, 7) is 4.57. The summed E-state index contributed by atoms with van der Waals surface area (Å²) in [5.41, 5.74) is 6.27. The molecule has 110 valence electrons. The molecule has 6 nitrogen and oxygen atoms in total. The first-order chi connectivity index (χ1) is 9.43. The van der Waals surface area contributed by atoms with Crippen LogP contribution < -0.4 is 11.1 Å². The van der Waals surface area contributed by atoms with Crippen molar-refractivity contribution in [1.82, 2.24) is 10.3 Å². The van der Waals surface area contributed by atoms with E-state index in [1.165, 1.54) is 18.3 Å². The average Bonchev–Trinajstić information content (AvgIpc) is 2.42. The molecule has 4 N–H and O–H groups in total. The van der Waals surface area contributed by atoms with Crippen molar-refractivity contribution in [3.63, 3.8) is 0 Å². The molecule has 0 fully saturated rings. The van der Waals surface area contributed by atoms with E-state index in [4.69, 9.17) is 10.8 Å². The third kappa shape index (κ3) is 4.97. The lowest BCUT2D eigenvalue weighted by atomic mass is 9.96. The van der Waals surface area contributed by atoms with Gasteiger partial charge in [-0.3, -0.25) is 9.78 Å². The fourth-order valence-corrected chi connectivity index (χ4v) is 1.91. The van der Waals surface area contributed by atoms with Crippen LogP contribution in [-0.4, -0.2) is 28.5 Å². The minimum absolute atomic E-state index is 0.122. The van der Waals surface area contributed by atoms with Crippen molar-refractivity contribution in [2.24, 2.45) is 17.6 Å². The lowest BCUT2D eigenvalue weighted by Crippen LogP contribution is -2.35. The van der Waals surface area contributed by atoms with Gasteiger partial charge in [0.25, 0.3) is 0 Å². The average molecular weight is 279 g/mol. The molecule has 0 saturated heterocycles. The van der Waals surface area contributed by atoms with Crippen LogP contribution in [0, 0.1) is 11.8 Å². The monoisotopic (exact) mass is 279 g/mol. The van der Waals surface area contributed by atoms with Crippen LogP contribution in [0.2, 0.25) is 0 Å². The van der Waals surface area contributed by atoms with Crippen molar-refractivity contribution in [3.05, 3.63) is 29.6 Å². The molecule has 6 heteroatoms. The molecule has 20 heavy (non-hydrogen) atoms. The highest BCUT2D eigenvalue weighted by atomic mass is 16.4. The molecule has 1 aromatic rings. The topological polar surface area (TPSA) is 105 Å². The van der Waals surface area contributed by atoms with Crippen molar-refractivity contribution in [2.75, 3.05) is 6.54 Å². The number of hydrogen-bond donors (Lipinski definition) is 3. The Kier molecular flexibility index (Phi) is 6.11. The van der Waals surface area contributed by atoms with E-state index in [1.54, 1.807) is 0 Å². The molecule has 0 aliphatic rings. The first kappa shape index (κ1) is 16.1. The molecule has 0 aliphatic carbocycles. The summed E-state index contributed by atoms with van der Waals surface area (Å²) in [5.74, 6) is -0.969. The van der Waals surface area contributed by atoms with E-state index in [0.717, 1.165) is 6.42 Å². The Morgan fingerprint density at radius 3 is 2.70 bits per heavy atom. The van der Waals surface area contributed by atoms with Gasteiger partial charge in [0.2, 0.25) is 5.91 Å². The third-order valence-electron chi connectivity index (χ3n) is 2.92. The van der Waals surface area contributed by atoms with E-state index >= 15 is 0 Å². The number of carbonyl (C=O) groups is 2. The summed E-state index contributed by atoms with van der Waals surface area (Å²) in [6, 6.07) is 2.86. The fourth-order valence-electron chi connectivity index (χ4n) is 1.91. The zero-order valence-electron chi connectivity index (χ0n) is 11.8. The molecule has 0 aliphatic heterocycles. The highest BCUT2D eigenvalue weighted by Gasteiger charge is 2.18. The van der Waals surface area contributed by atoms with Gasteiger partial charge in [0.05, 0.1) is 23.7 Å². The normalized spacial score (nSPS) is 12.2. The zero-order chi connectivity index (χ0) is 15.1. The Morgan fingerprint density at radius 1 is 1.45 bits per heavy atom. The van der Waals surface area contributed by atoms with Crippen LogP contribution in [0.3, 0.4) is 0 Å². The van der Waals surface area contributed by atoms with Gasteiger partial charge >= 0.3 is 5.97 Å². The number of amides is 1. The maximum absolute atomic E-state index is 12.0. The molecule has 0 spiro atoms. The summed E-state index contributed by atoms with van der Waals surface area (Å²) < 4.78 is 0. The predicted molar refractivity (Wildman–Crippen MR) is 75.0 cm³/mol. The molecule has 1 rings (SSSR count). The van der Waals surface area contributed by atoms with Gasteiger partial charge < -0.3 is 16.2 Å². The number of aromatic carboxylic acids is 1. The smallest absolute Gasteiger partial charge is 0.335 e. The summed E-state index contributed by atoms with van der Waals surface area (Å²) in [6.07, 6.45) is 2.14. The van der Waals surface area contributed by atoms with Gasteiger partial charge in [-0.1, -0.05) is 13.8 Å². The molecule has 1 amide bonds. The van der Waals surface area contributed by atoms with Gasteiger partial charge in [-0.25, -0.2) is 4.79 Å². The Morgan fingerprint density at radius 2 is 2.15 bits per heavy atom. The molecule has 0 radical (unpaired) electrons. The number of nitrogens with one attached hydrogen (secondary N) is 1. The number of aromatic nitrogens is 1. The number of rotatable bonds is 7. The Labute approximate surface area is 118 Å². The van der Waals surface area contributed by atoms with E-state index in [0.29, 0.717) is 18.2 Å². The minimum Gasteiger partial charge on any atom is -0.478 e. The third-order valence-corrected chi connectivity index (χ3v) is 2.92. The van der Waals surface area contributed by atoms with E-state index in [-0.39, 0.29) is 23.9 Å². The molecular weight excluding hydrogens is 258 g/mol. The number of carbonyl (C=O) groups excluding carboxylic acids is 1. The number of nitrogens with zero attached hydrogens (tertiary/aromatic N) is 1. The van der Waals surface area contributed by atoms with Crippen LogP contribution in [0.5, 0.6) is 0 Å². The number of nitrogens with two attached hydrogens (primary N) is 1. The maximum Gasteiger partial charge on any atom is 0.335 e. The minimum atomic E-state index is -1.01. The summed E-state index contributed by atoms with van der Waals surface area (Å²) in [4.78, 5) is 26.8. The zero-order valence-corrected chi connectivity index (χ0v) is 11.8. The molecule has 1 unspecified atom stereocenters. The van der Waals surface area contributed by atoms with Crippen LogP contribution in [0.25, 0.3) is 0 Å². The van der Waals surface area contributed by atoms with Gasteiger partial charge in [0, 0.05) is 12.7 Å². The lowest BCUT2D eigenvalue weighted by molar-refractivity contribution is -0.125. The molecule has 0 saturated carbocycles. The highest BCUT2D eigenvalue weighted by molar-refractivity contribution is 5.87. The number of carboxylic acid groups (broad SMARTS) is 1. The predicted octanol–water partition coefficient (Wildman–Crippen LogP) is 1.02. The second-order valence-electron chi connectivity index (χ2n) is 5.12. The summed E-state index contributed by atoms with van der Waals surface area (Å²) >= 11 is 0. The summed E-state index contributed by atoms with van der Waals surface area (Å²) in [5, 5.41) is 11.6. The second-order valence-corrected chi connectivity index (χ2v) is 5.12. The van der Waals surface area contributed by atoms with Crippen molar-refractivity contribution in [3.8, 4) is 0 Å². The van der Waals surface area contributed by atoms with Crippen molar-refractivity contribution < 1.29 is 14.7 Å². The van der Waals surface area contributed by atoms with E-state index in [1.807, 2.05) is 13.8 Å². The Balaban J connectivity index is 2.59. The van der Waals surface area contributed by atoms with E-state index < -0.39 is 5.97 Å². The summed E-state index contributed by atoms with van der Waals surface area (Å²) in [7, 11) is 0. The Bertz CT molecular complexity index is 474. The fraction of sp³-hybridized carbons (Fsp3) is 0.500. The largest absolute Gasteiger partial charge is 0.478 e. The van der Waals surface area contributed by atoms with Gasteiger partial charge in [-0.2, -0.15) is 0 Å². The number of hydrogen-bond acceptors (Lipinski definition) is 4. The van der Waals surface area contributed by atoms with Gasteiger partial charge in [-0.15, -0.1) is 0 Å². The first-order valence-electron chi connectivity index (χ1n) is 6.60. The van der Waals surface area contributed by atoms with Gasteiger partial charge in [0.15, 0.2) is 0 Å². The molecule has 0 aromatic carbocycles. The molecular formula is C14H21N3O3. The van der Waals surface area contributed by atoms with Crippen LogP contribution in [-0.2, 0) is 11.3 Å². The molecule has 1 atom stereocenters. The number of carboxylic acids is 1. The quantitative estimate of drug-likeness (QED) is 0.691. The van der Waals surface area contributed by atoms with Gasteiger partial charge in [-0.05, 0) is 24.5 Å². The van der Waals surface area contributed by atoms with Crippen molar-refractivity contribution in [2.45, 2.75) is 26.8 Å². The van der Waals surface area contributed by atoms with Crippen LogP contribution in [0.4, 0.5) is 0 Å². The van der Waals surface area contributed by atoms with Crippen LogP contribution in [0.15, 0.2) is 18.3 Å². The lowest BCUT2D eigenvalue weighted by Gasteiger charge is -2.16. The molecule has 1 heterocycles. The van der Waals surface area contributed by atoms with Crippen LogP contribution >= 0.6 is 0 Å². The van der Waals surface area contributed by atoms with Gasteiger partial charge in [0.1, 0.15) is 0 Å².